The molecule has 0 spiro atoms. The molecule has 0 bridgehead atoms. The predicted octanol–water partition coefficient (Wildman–Crippen LogP) is 4.53. The average Bonchev–Trinajstić information content (AvgIpc) is 2.39. The maximum Gasteiger partial charge on any atom is 0.0590 e. The van der Waals surface area contributed by atoms with E-state index in [2.05, 4.69) is 12.2 Å². The Morgan fingerprint density at radius 1 is 0.667 bits per heavy atom. The van der Waals surface area contributed by atoms with Crippen LogP contribution in [0.25, 0.3) is 0 Å². The van der Waals surface area contributed by atoms with Gasteiger partial charge in [-0.3, -0.25) is 0 Å². The summed E-state index contributed by atoms with van der Waals surface area (Å²) in [7, 11) is 1.96. The molecule has 0 fully saturated rings. The highest BCUT2D eigenvalue weighted by molar-refractivity contribution is 4.48. The normalized spacial score (nSPS) is 11.0. The van der Waals surface area contributed by atoms with Gasteiger partial charge in [0.1, 0.15) is 0 Å². The molecule has 0 unspecified atom stereocenters. The molecular weight excluding hydrogens is 222 g/mol. The van der Waals surface area contributed by atoms with E-state index in [1.165, 1.54) is 70.6 Å². The van der Waals surface area contributed by atoms with E-state index in [4.69, 9.17) is 4.74 Å². The van der Waals surface area contributed by atoms with Gasteiger partial charge in [-0.1, -0.05) is 71.1 Å². The topological polar surface area (TPSA) is 21.3 Å². The SMILES string of the molecule is CCCCCCCCCCCCCOCCNC. The highest BCUT2D eigenvalue weighted by atomic mass is 16.5. The van der Waals surface area contributed by atoms with Gasteiger partial charge in [-0.15, -0.1) is 0 Å². The molecule has 0 saturated carbocycles. The summed E-state index contributed by atoms with van der Waals surface area (Å²) in [4.78, 5) is 0. The van der Waals surface area contributed by atoms with Crippen LogP contribution in [0.1, 0.15) is 77.6 Å². The van der Waals surface area contributed by atoms with Crippen molar-refractivity contribution in [2.45, 2.75) is 77.6 Å². The first-order valence-corrected chi connectivity index (χ1v) is 8.14. The molecule has 0 aliphatic heterocycles. The van der Waals surface area contributed by atoms with Crippen LogP contribution in [0.2, 0.25) is 0 Å². The van der Waals surface area contributed by atoms with Crippen LogP contribution in [-0.2, 0) is 4.74 Å². The molecule has 0 heterocycles. The van der Waals surface area contributed by atoms with E-state index in [-0.39, 0.29) is 0 Å². The Bertz CT molecular complexity index is 123. The summed E-state index contributed by atoms with van der Waals surface area (Å²) >= 11 is 0. The van der Waals surface area contributed by atoms with Crippen molar-refractivity contribution >= 4 is 0 Å². The molecule has 0 radical (unpaired) electrons. The van der Waals surface area contributed by atoms with E-state index in [1.54, 1.807) is 0 Å². The van der Waals surface area contributed by atoms with Gasteiger partial charge in [-0.05, 0) is 13.5 Å². The fraction of sp³-hybridized carbons (Fsp3) is 1.00. The highest BCUT2D eigenvalue weighted by Crippen LogP contribution is 2.11. The lowest BCUT2D eigenvalue weighted by Crippen LogP contribution is -2.14. The maximum atomic E-state index is 5.49. The van der Waals surface area contributed by atoms with Crippen molar-refractivity contribution in [2.75, 3.05) is 26.8 Å². The van der Waals surface area contributed by atoms with Crippen LogP contribution in [0, 0.1) is 0 Å². The molecule has 0 aromatic rings. The average molecular weight is 257 g/mol. The number of rotatable bonds is 15. The Morgan fingerprint density at radius 2 is 1.17 bits per heavy atom. The lowest BCUT2D eigenvalue weighted by molar-refractivity contribution is 0.133. The molecule has 0 rings (SSSR count). The van der Waals surface area contributed by atoms with E-state index in [1.807, 2.05) is 7.05 Å². The van der Waals surface area contributed by atoms with E-state index in [0.29, 0.717) is 0 Å². The van der Waals surface area contributed by atoms with Crippen LogP contribution < -0.4 is 5.32 Å². The first kappa shape index (κ1) is 17.9. The minimum absolute atomic E-state index is 0.855. The van der Waals surface area contributed by atoms with Crippen LogP contribution in [0.5, 0.6) is 0 Å². The largest absolute Gasteiger partial charge is 0.380 e. The molecular formula is C16H35NO. The quantitative estimate of drug-likeness (QED) is 0.435. The number of hydrogen-bond donors (Lipinski definition) is 1. The lowest BCUT2D eigenvalue weighted by Gasteiger charge is -2.04. The number of likely N-dealkylation sites (N-methyl/N-ethyl adjacent to an activating group) is 1. The zero-order chi connectivity index (χ0) is 13.3. The summed E-state index contributed by atoms with van der Waals surface area (Å²) in [5, 5.41) is 3.09. The number of unbranched alkanes of at least 4 members (excludes halogenated alkanes) is 10. The summed E-state index contributed by atoms with van der Waals surface area (Å²) in [6, 6.07) is 0. The Hall–Kier alpha value is -0.0800. The fourth-order valence-corrected chi connectivity index (χ4v) is 2.14. The third kappa shape index (κ3) is 15.9. The first-order valence-electron chi connectivity index (χ1n) is 8.14. The van der Waals surface area contributed by atoms with Crippen molar-refractivity contribution in [3.05, 3.63) is 0 Å². The van der Waals surface area contributed by atoms with E-state index < -0.39 is 0 Å². The van der Waals surface area contributed by atoms with E-state index in [9.17, 15) is 0 Å². The predicted molar refractivity (Wildman–Crippen MR) is 81.2 cm³/mol. The van der Waals surface area contributed by atoms with Crippen molar-refractivity contribution in [2.24, 2.45) is 0 Å². The Morgan fingerprint density at radius 3 is 1.67 bits per heavy atom. The Kier molecular flexibility index (Phi) is 16.8. The van der Waals surface area contributed by atoms with Crippen LogP contribution in [0.15, 0.2) is 0 Å². The second-order valence-corrected chi connectivity index (χ2v) is 5.25. The maximum absolute atomic E-state index is 5.49. The molecule has 0 aromatic carbocycles. The van der Waals surface area contributed by atoms with Gasteiger partial charge in [-0.25, -0.2) is 0 Å². The molecule has 110 valence electrons. The minimum atomic E-state index is 0.855. The van der Waals surface area contributed by atoms with Gasteiger partial charge in [-0.2, -0.15) is 0 Å². The Labute approximate surface area is 115 Å². The van der Waals surface area contributed by atoms with Crippen molar-refractivity contribution in [3.8, 4) is 0 Å². The van der Waals surface area contributed by atoms with Gasteiger partial charge in [0.2, 0.25) is 0 Å². The summed E-state index contributed by atoms with van der Waals surface area (Å²) < 4.78 is 5.49. The van der Waals surface area contributed by atoms with Crippen molar-refractivity contribution in [1.29, 1.82) is 0 Å². The van der Waals surface area contributed by atoms with Crippen molar-refractivity contribution in [1.82, 2.24) is 5.32 Å². The van der Waals surface area contributed by atoms with Gasteiger partial charge in [0, 0.05) is 13.2 Å². The van der Waals surface area contributed by atoms with E-state index >= 15 is 0 Å². The smallest absolute Gasteiger partial charge is 0.0590 e. The van der Waals surface area contributed by atoms with Crippen LogP contribution in [0.4, 0.5) is 0 Å². The van der Waals surface area contributed by atoms with Crippen LogP contribution >= 0.6 is 0 Å². The molecule has 18 heavy (non-hydrogen) atoms. The summed E-state index contributed by atoms with van der Waals surface area (Å²) in [6.45, 7) is 5.05. The summed E-state index contributed by atoms with van der Waals surface area (Å²) in [5.74, 6) is 0. The van der Waals surface area contributed by atoms with Gasteiger partial charge in [0.05, 0.1) is 6.61 Å². The second-order valence-electron chi connectivity index (χ2n) is 5.25. The van der Waals surface area contributed by atoms with Gasteiger partial charge in [0.15, 0.2) is 0 Å². The number of hydrogen-bond acceptors (Lipinski definition) is 2. The van der Waals surface area contributed by atoms with Crippen molar-refractivity contribution in [3.63, 3.8) is 0 Å². The van der Waals surface area contributed by atoms with Crippen LogP contribution in [0.3, 0.4) is 0 Å². The van der Waals surface area contributed by atoms with Gasteiger partial charge < -0.3 is 10.1 Å². The monoisotopic (exact) mass is 257 g/mol. The number of nitrogens with one attached hydrogen (secondary N) is 1. The second kappa shape index (κ2) is 16.9. The molecule has 0 atom stereocenters. The molecule has 2 heteroatoms. The zero-order valence-electron chi connectivity index (χ0n) is 12.8. The molecule has 0 amide bonds. The van der Waals surface area contributed by atoms with Crippen LogP contribution in [-0.4, -0.2) is 26.8 Å². The minimum Gasteiger partial charge on any atom is -0.380 e. The molecule has 2 nitrogen and oxygen atoms in total. The third-order valence-corrected chi connectivity index (χ3v) is 3.39. The molecule has 0 aliphatic carbocycles. The first-order chi connectivity index (χ1) is 8.91. The third-order valence-electron chi connectivity index (χ3n) is 3.39. The van der Waals surface area contributed by atoms with Gasteiger partial charge >= 0.3 is 0 Å². The lowest BCUT2D eigenvalue weighted by atomic mass is 10.1. The molecule has 0 aromatic heterocycles. The molecule has 0 aliphatic rings. The Balaban J connectivity index is 2.86. The standard InChI is InChI=1S/C16H35NO/c1-3-4-5-6-7-8-9-10-11-12-13-15-18-16-14-17-2/h17H,3-16H2,1-2H3. The molecule has 1 N–H and O–H groups in total. The zero-order valence-corrected chi connectivity index (χ0v) is 12.8. The highest BCUT2D eigenvalue weighted by Gasteiger charge is 1.93. The summed E-state index contributed by atoms with van der Waals surface area (Å²) in [6.07, 6.45) is 15.4. The van der Waals surface area contributed by atoms with E-state index in [0.717, 1.165) is 19.8 Å². The van der Waals surface area contributed by atoms with Crippen molar-refractivity contribution < 1.29 is 4.74 Å². The fourth-order valence-electron chi connectivity index (χ4n) is 2.14. The summed E-state index contributed by atoms with van der Waals surface area (Å²) in [5.41, 5.74) is 0. The molecule has 0 saturated heterocycles. The van der Waals surface area contributed by atoms with Gasteiger partial charge in [0.25, 0.3) is 0 Å². The number of ether oxygens (including phenoxy) is 1.